The second-order valence-electron chi connectivity index (χ2n) is 8.11. The molecular formula is C25H27ClN4O2. The zero-order chi connectivity index (χ0) is 22.5. The van der Waals surface area contributed by atoms with Gasteiger partial charge in [-0.2, -0.15) is 0 Å². The van der Waals surface area contributed by atoms with Crippen molar-refractivity contribution in [3.8, 4) is 17.0 Å². The van der Waals surface area contributed by atoms with Gasteiger partial charge in [0.05, 0.1) is 10.7 Å². The van der Waals surface area contributed by atoms with Crippen molar-refractivity contribution < 1.29 is 9.53 Å². The van der Waals surface area contributed by atoms with Crippen LogP contribution in [0.25, 0.3) is 11.3 Å². The van der Waals surface area contributed by atoms with E-state index in [0.717, 1.165) is 28.4 Å². The summed E-state index contributed by atoms with van der Waals surface area (Å²) in [6.07, 6.45) is 0. The van der Waals surface area contributed by atoms with E-state index in [1.165, 1.54) is 0 Å². The number of carbonyl (C=O) groups excluding carboxylic acids is 1. The number of para-hydroxylation sites is 1. The van der Waals surface area contributed by atoms with E-state index in [9.17, 15) is 4.79 Å². The van der Waals surface area contributed by atoms with Gasteiger partial charge >= 0.3 is 0 Å². The predicted molar refractivity (Wildman–Crippen MR) is 127 cm³/mol. The lowest BCUT2D eigenvalue weighted by atomic mass is 10.0. The van der Waals surface area contributed by atoms with Crippen LogP contribution in [0, 0.1) is 0 Å². The van der Waals surface area contributed by atoms with Gasteiger partial charge < -0.3 is 14.5 Å². The average Bonchev–Trinajstić information content (AvgIpc) is 2.83. The van der Waals surface area contributed by atoms with Gasteiger partial charge in [0, 0.05) is 31.7 Å². The molecule has 1 aliphatic heterocycles. The largest absolute Gasteiger partial charge is 0.483 e. The SMILES string of the molecule is CC(C)c1ccccc1OCC(=O)N1CCN(c2ccc(-c3ccccc3Cl)nn2)CC1. The summed E-state index contributed by atoms with van der Waals surface area (Å²) in [4.78, 5) is 16.7. The predicted octanol–water partition coefficient (Wildman–Crippen LogP) is 4.65. The molecule has 2 heterocycles. The Morgan fingerprint density at radius 1 is 0.969 bits per heavy atom. The molecule has 1 amide bonds. The summed E-state index contributed by atoms with van der Waals surface area (Å²) in [6, 6.07) is 19.4. The summed E-state index contributed by atoms with van der Waals surface area (Å²) < 4.78 is 5.85. The van der Waals surface area contributed by atoms with Crippen LogP contribution in [0.5, 0.6) is 5.75 Å². The fourth-order valence-corrected chi connectivity index (χ4v) is 4.04. The first-order valence-corrected chi connectivity index (χ1v) is 11.2. The van der Waals surface area contributed by atoms with Crippen molar-refractivity contribution in [2.75, 3.05) is 37.7 Å². The Balaban J connectivity index is 1.31. The molecule has 1 aliphatic rings. The number of halogens is 1. The molecule has 6 nitrogen and oxygen atoms in total. The quantitative estimate of drug-likeness (QED) is 0.547. The molecule has 7 heteroatoms. The fourth-order valence-electron chi connectivity index (χ4n) is 3.81. The Labute approximate surface area is 193 Å². The lowest BCUT2D eigenvalue weighted by Crippen LogP contribution is -2.50. The normalized spacial score (nSPS) is 14.0. The molecular weight excluding hydrogens is 424 g/mol. The van der Waals surface area contributed by atoms with Crippen LogP contribution in [0.15, 0.2) is 60.7 Å². The Morgan fingerprint density at radius 3 is 2.38 bits per heavy atom. The first kappa shape index (κ1) is 22.1. The molecule has 32 heavy (non-hydrogen) atoms. The smallest absolute Gasteiger partial charge is 0.260 e. The minimum atomic E-state index is 0.00311. The van der Waals surface area contributed by atoms with Crippen LogP contribution in [0.3, 0.4) is 0 Å². The van der Waals surface area contributed by atoms with Crippen LogP contribution in [0.1, 0.15) is 25.3 Å². The van der Waals surface area contributed by atoms with Gasteiger partial charge in [-0.3, -0.25) is 4.79 Å². The maximum Gasteiger partial charge on any atom is 0.260 e. The lowest BCUT2D eigenvalue weighted by molar-refractivity contribution is -0.133. The topological polar surface area (TPSA) is 58.6 Å². The van der Waals surface area contributed by atoms with Crippen molar-refractivity contribution in [2.24, 2.45) is 0 Å². The highest BCUT2D eigenvalue weighted by Crippen LogP contribution is 2.27. The van der Waals surface area contributed by atoms with Crippen molar-refractivity contribution in [3.63, 3.8) is 0 Å². The molecule has 0 saturated carbocycles. The monoisotopic (exact) mass is 450 g/mol. The van der Waals surface area contributed by atoms with Gasteiger partial charge in [-0.25, -0.2) is 0 Å². The van der Waals surface area contributed by atoms with E-state index >= 15 is 0 Å². The molecule has 0 radical (unpaired) electrons. The molecule has 3 aromatic rings. The van der Waals surface area contributed by atoms with Gasteiger partial charge in [-0.15, -0.1) is 10.2 Å². The third kappa shape index (κ3) is 5.02. The number of carbonyl (C=O) groups is 1. The van der Waals surface area contributed by atoms with Gasteiger partial charge in [0.25, 0.3) is 5.91 Å². The van der Waals surface area contributed by atoms with Crippen molar-refractivity contribution >= 4 is 23.3 Å². The zero-order valence-corrected chi connectivity index (χ0v) is 19.1. The highest BCUT2D eigenvalue weighted by Gasteiger charge is 2.23. The molecule has 0 unspecified atom stereocenters. The van der Waals surface area contributed by atoms with E-state index in [4.69, 9.17) is 16.3 Å². The summed E-state index contributed by atoms with van der Waals surface area (Å²) in [5, 5.41) is 9.38. The first-order valence-electron chi connectivity index (χ1n) is 10.9. The minimum Gasteiger partial charge on any atom is -0.483 e. The number of piperazine rings is 1. The summed E-state index contributed by atoms with van der Waals surface area (Å²) >= 11 is 6.26. The number of rotatable bonds is 6. The number of ether oxygens (including phenoxy) is 1. The number of benzene rings is 2. The van der Waals surface area contributed by atoms with Crippen LogP contribution >= 0.6 is 11.6 Å². The molecule has 0 atom stereocenters. The molecule has 1 aromatic heterocycles. The van der Waals surface area contributed by atoms with E-state index < -0.39 is 0 Å². The van der Waals surface area contributed by atoms with Gasteiger partial charge in [0.15, 0.2) is 12.4 Å². The van der Waals surface area contributed by atoms with Crippen LogP contribution in [0.4, 0.5) is 5.82 Å². The summed E-state index contributed by atoms with van der Waals surface area (Å²) in [7, 11) is 0. The Kier molecular flexibility index (Phi) is 6.90. The Morgan fingerprint density at radius 2 is 1.69 bits per heavy atom. The summed E-state index contributed by atoms with van der Waals surface area (Å²) in [5.41, 5.74) is 2.72. The van der Waals surface area contributed by atoms with E-state index in [-0.39, 0.29) is 12.5 Å². The summed E-state index contributed by atoms with van der Waals surface area (Å²) in [5.74, 6) is 1.93. The lowest BCUT2D eigenvalue weighted by Gasteiger charge is -2.35. The maximum atomic E-state index is 12.7. The summed E-state index contributed by atoms with van der Waals surface area (Å²) in [6.45, 7) is 6.95. The molecule has 1 fully saturated rings. The van der Waals surface area contributed by atoms with Gasteiger partial charge in [0.1, 0.15) is 5.75 Å². The molecule has 0 N–H and O–H groups in total. The third-order valence-corrected chi connectivity index (χ3v) is 5.98. The van der Waals surface area contributed by atoms with Crippen molar-refractivity contribution in [2.45, 2.75) is 19.8 Å². The number of anilines is 1. The maximum absolute atomic E-state index is 12.7. The Bertz CT molecular complexity index is 1060. The second kappa shape index (κ2) is 10.0. The number of hydrogen-bond donors (Lipinski definition) is 0. The molecule has 4 rings (SSSR count). The molecule has 0 bridgehead atoms. The third-order valence-electron chi connectivity index (χ3n) is 5.65. The van der Waals surface area contributed by atoms with Crippen molar-refractivity contribution in [1.82, 2.24) is 15.1 Å². The minimum absolute atomic E-state index is 0.00311. The highest BCUT2D eigenvalue weighted by molar-refractivity contribution is 6.33. The Hall–Kier alpha value is -3.12. The molecule has 1 saturated heterocycles. The van der Waals surface area contributed by atoms with E-state index in [1.54, 1.807) is 0 Å². The van der Waals surface area contributed by atoms with Crippen LogP contribution in [0.2, 0.25) is 5.02 Å². The van der Waals surface area contributed by atoms with E-state index in [2.05, 4.69) is 28.9 Å². The molecule has 0 spiro atoms. The van der Waals surface area contributed by atoms with Crippen molar-refractivity contribution in [1.29, 1.82) is 0 Å². The molecule has 166 valence electrons. The molecule has 0 aliphatic carbocycles. The van der Waals surface area contributed by atoms with Gasteiger partial charge in [0.2, 0.25) is 0 Å². The highest BCUT2D eigenvalue weighted by atomic mass is 35.5. The number of hydrogen-bond acceptors (Lipinski definition) is 5. The van der Waals surface area contributed by atoms with Gasteiger partial charge in [-0.1, -0.05) is 61.8 Å². The standard InChI is InChI=1S/C25H27ClN4O2/c1-18(2)19-7-4-6-10-23(19)32-17-25(31)30-15-13-29(14-16-30)24-12-11-22(27-28-24)20-8-3-5-9-21(20)26/h3-12,18H,13-17H2,1-2H3. The van der Waals surface area contributed by atoms with Gasteiger partial charge in [-0.05, 0) is 35.7 Å². The first-order chi connectivity index (χ1) is 15.5. The second-order valence-corrected chi connectivity index (χ2v) is 8.51. The van der Waals surface area contributed by atoms with Crippen LogP contribution in [-0.2, 0) is 4.79 Å². The zero-order valence-electron chi connectivity index (χ0n) is 18.4. The van der Waals surface area contributed by atoms with Crippen LogP contribution < -0.4 is 9.64 Å². The number of nitrogens with zero attached hydrogens (tertiary/aromatic N) is 4. The van der Waals surface area contributed by atoms with E-state index in [1.807, 2.05) is 65.6 Å². The average molecular weight is 451 g/mol. The van der Waals surface area contributed by atoms with E-state index in [0.29, 0.717) is 37.1 Å². The fraction of sp³-hybridized carbons (Fsp3) is 0.320. The number of amides is 1. The van der Waals surface area contributed by atoms with Crippen LogP contribution in [-0.4, -0.2) is 53.8 Å². The number of aromatic nitrogens is 2. The molecule has 2 aromatic carbocycles. The van der Waals surface area contributed by atoms with Crippen molar-refractivity contribution in [3.05, 3.63) is 71.2 Å².